The molecule has 2 heterocycles. The molecule has 0 saturated carbocycles. The van der Waals surface area contributed by atoms with Crippen molar-refractivity contribution < 1.29 is 4.79 Å². The van der Waals surface area contributed by atoms with Crippen LogP contribution >= 0.6 is 11.6 Å². The monoisotopic (exact) mass is 272 g/mol. The molecule has 0 aliphatic heterocycles. The molecule has 2 N–H and O–H groups in total. The Labute approximate surface area is 113 Å². The molecular formula is C13H9ClN4O. The summed E-state index contributed by atoms with van der Waals surface area (Å²) in [6, 6.07) is 10.4. The third-order valence-electron chi connectivity index (χ3n) is 2.65. The summed E-state index contributed by atoms with van der Waals surface area (Å²) >= 11 is 5.75. The molecule has 1 aromatic carbocycles. The summed E-state index contributed by atoms with van der Waals surface area (Å²) in [5.74, 6) is -0.301. The second-order valence-electron chi connectivity index (χ2n) is 3.97. The van der Waals surface area contributed by atoms with Gasteiger partial charge < -0.3 is 5.32 Å². The Morgan fingerprint density at radius 2 is 2.16 bits per heavy atom. The molecule has 5 nitrogen and oxygen atoms in total. The number of nitrogens with zero attached hydrogens (tertiary/aromatic N) is 2. The summed E-state index contributed by atoms with van der Waals surface area (Å²) in [5, 5.41) is 10.8. The summed E-state index contributed by atoms with van der Waals surface area (Å²) < 4.78 is 0. The van der Waals surface area contributed by atoms with Gasteiger partial charge >= 0.3 is 0 Å². The van der Waals surface area contributed by atoms with Crippen LogP contribution in [-0.2, 0) is 0 Å². The van der Waals surface area contributed by atoms with Gasteiger partial charge in [-0.15, -0.1) is 0 Å². The Kier molecular flexibility index (Phi) is 2.89. The molecular weight excluding hydrogens is 264 g/mol. The number of carbonyl (C=O) groups excluding carboxylic acids is 1. The third kappa shape index (κ3) is 2.41. The van der Waals surface area contributed by atoms with Gasteiger partial charge in [-0.2, -0.15) is 5.10 Å². The van der Waals surface area contributed by atoms with Crippen LogP contribution in [0.15, 0.2) is 42.6 Å². The van der Waals surface area contributed by atoms with Crippen LogP contribution in [0.4, 0.5) is 5.69 Å². The number of nitrogens with one attached hydrogen (secondary N) is 2. The zero-order chi connectivity index (χ0) is 13.2. The number of aromatic amines is 1. The molecule has 0 radical (unpaired) electrons. The van der Waals surface area contributed by atoms with Gasteiger partial charge in [-0.05, 0) is 30.3 Å². The average Bonchev–Trinajstić information content (AvgIpc) is 2.86. The summed E-state index contributed by atoms with van der Waals surface area (Å²) in [4.78, 5) is 15.9. The number of anilines is 1. The molecule has 0 aliphatic rings. The second-order valence-corrected chi connectivity index (χ2v) is 4.36. The van der Waals surface area contributed by atoms with Gasteiger partial charge in [0.2, 0.25) is 0 Å². The lowest BCUT2D eigenvalue weighted by Gasteiger charge is -2.04. The Morgan fingerprint density at radius 1 is 1.26 bits per heavy atom. The Bertz CT molecular complexity index is 753. The van der Waals surface area contributed by atoms with E-state index in [1.807, 2.05) is 12.1 Å². The highest BCUT2D eigenvalue weighted by atomic mass is 35.5. The number of carbonyl (C=O) groups is 1. The maximum Gasteiger partial charge on any atom is 0.274 e. The van der Waals surface area contributed by atoms with E-state index < -0.39 is 0 Å². The molecule has 0 atom stereocenters. The number of H-pyrrole nitrogens is 1. The minimum Gasteiger partial charge on any atom is -0.321 e. The third-order valence-corrected chi connectivity index (χ3v) is 2.86. The molecule has 2 aromatic heterocycles. The SMILES string of the molecule is O=C(Nc1ccc2[nH]ncc2c1)c1cccc(Cl)n1. The van der Waals surface area contributed by atoms with Gasteiger partial charge in [0.05, 0.1) is 11.7 Å². The molecule has 6 heteroatoms. The van der Waals surface area contributed by atoms with E-state index in [9.17, 15) is 4.79 Å². The number of pyridine rings is 1. The van der Waals surface area contributed by atoms with Crippen LogP contribution in [0.1, 0.15) is 10.5 Å². The lowest BCUT2D eigenvalue weighted by Crippen LogP contribution is -2.13. The number of halogens is 1. The van der Waals surface area contributed by atoms with E-state index >= 15 is 0 Å². The first kappa shape index (κ1) is 11.7. The average molecular weight is 273 g/mol. The molecule has 0 aliphatic carbocycles. The Morgan fingerprint density at radius 3 is 3.00 bits per heavy atom. The van der Waals surface area contributed by atoms with Crippen molar-refractivity contribution in [1.82, 2.24) is 15.2 Å². The lowest BCUT2D eigenvalue weighted by atomic mass is 10.2. The molecule has 0 fully saturated rings. The van der Waals surface area contributed by atoms with Gasteiger partial charge in [0.15, 0.2) is 0 Å². The Hall–Kier alpha value is -2.40. The molecule has 0 bridgehead atoms. The summed E-state index contributed by atoms with van der Waals surface area (Å²) in [7, 11) is 0. The minimum atomic E-state index is -0.301. The van der Waals surface area contributed by atoms with Gasteiger partial charge in [-0.3, -0.25) is 9.89 Å². The van der Waals surface area contributed by atoms with E-state index in [-0.39, 0.29) is 16.8 Å². The topological polar surface area (TPSA) is 70.7 Å². The number of benzene rings is 1. The molecule has 1 amide bonds. The minimum absolute atomic E-state index is 0.278. The van der Waals surface area contributed by atoms with E-state index in [0.29, 0.717) is 5.69 Å². The largest absolute Gasteiger partial charge is 0.321 e. The quantitative estimate of drug-likeness (QED) is 0.705. The molecule has 0 unspecified atom stereocenters. The van der Waals surface area contributed by atoms with E-state index in [1.165, 1.54) is 0 Å². The number of fused-ring (bicyclic) bond motifs is 1. The molecule has 3 aromatic rings. The fourth-order valence-electron chi connectivity index (χ4n) is 1.75. The van der Waals surface area contributed by atoms with Crippen molar-refractivity contribution in [3.8, 4) is 0 Å². The van der Waals surface area contributed by atoms with E-state index in [4.69, 9.17) is 11.6 Å². The van der Waals surface area contributed by atoms with Crippen LogP contribution in [0.2, 0.25) is 5.15 Å². The molecule has 0 spiro atoms. The molecule has 19 heavy (non-hydrogen) atoms. The molecule has 3 rings (SSSR count). The number of aromatic nitrogens is 3. The highest BCUT2D eigenvalue weighted by molar-refractivity contribution is 6.29. The maximum atomic E-state index is 12.0. The molecule has 0 saturated heterocycles. The summed E-state index contributed by atoms with van der Waals surface area (Å²) in [6.45, 7) is 0. The van der Waals surface area contributed by atoms with Crippen molar-refractivity contribution in [2.45, 2.75) is 0 Å². The summed E-state index contributed by atoms with van der Waals surface area (Å²) in [6.07, 6.45) is 1.70. The standard InChI is InChI=1S/C13H9ClN4O/c14-12-3-1-2-11(17-12)13(19)16-9-4-5-10-8(6-9)7-15-18-10/h1-7H,(H,15,18)(H,16,19). The second kappa shape index (κ2) is 4.70. The van der Waals surface area contributed by atoms with Crippen LogP contribution in [0.5, 0.6) is 0 Å². The van der Waals surface area contributed by atoms with E-state index in [2.05, 4.69) is 20.5 Å². The first-order valence-electron chi connectivity index (χ1n) is 5.59. The smallest absolute Gasteiger partial charge is 0.274 e. The first-order valence-corrected chi connectivity index (χ1v) is 5.97. The maximum absolute atomic E-state index is 12.0. The number of amides is 1. The normalized spacial score (nSPS) is 10.6. The van der Waals surface area contributed by atoms with Crippen molar-refractivity contribution in [2.75, 3.05) is 5.32 Å². The van der Waals surface area contributed by atoms with Gasteiger partial charge in [-0.25, -0.2) is 4.98 Å². The van der Waals surface area contributed by atoms with Crippen LogP contribution in [0.3, 0.4) is 0 Å². The summed E-state index contributed by atoms with van der Waals surface area (Å²) in [5.41, 5.74) is 1.87. The number of hydrogen-bond donors (Lipinski definition) is 2. The predicted molar refractivity (Wildman–Crippen MR) is 73.3 cm³/mol. The number of rotatable bonds is 2. The van der Waals surface area contributed by atoms with Crippen molar-refractivity contribution in [3.63, 3.8) is 0 Å². The first-order chi connectivity index (χ1) is 9.22. The van der Waals surface area contributed by atoms with Gasteiger partial charge in [0.25, 0.3) is 5.91 Å². The van der Waals surface area contributed by atoms with Gasteiger partial charge in [0.1, 0.15) is 10.8 Å². The lowest BCUT2D eigenvalue weighted by molar-refractivity contribution is 0.102. The van der Waals surface area contributed by atoms with Crippen LogP contribution in [0, 0.1) is 0 Å². The van der Waals surface area contributed by atoms with Crippen molar-refractivity contribution in [3.05, 3.63) is 53.4 Å². The van der Waals surface area contributed by atoms with E-state index in [1.54, 1.807) is 30.5 Å². The van der Waals surface area contributed by atoms with Crippen LogP contribution in [-0.4, -0.2) is 21.1 Å². The van der Waals surface area contributed by atoms with Crippen LogP contribution in [0.25, 0.3) is 10.9 Å². The zero-order valence-electron chi connectivity index (χ0n) is 9.72. The predicted octanol–water partition coefficient (Wildman–Crippen LogP) is 2.86. The number of hydrogen-bond acceptors (Lipinski definition) is 3. The van der Waals surface area contributed by atoms with Crippen LogP contribution < -0.4 is 5.32 Å². The van der Waals surface area contributed by atoms with Crippen molar-refractivity contribution >= 4 is 34.1 Å². The van der Waals surface area contributed by atoms with Crippen molar-refractivity contribution in [1.29, 1.82) is 0 Å². The molecule has 94 valence electrons. The van der Waals surface area contributed by atoms with E-state index in [0.717, 1.165) is 10.9 Å². The highest BCUT2D eigenvalue weighted by Gasteiger charge is 2.08. The van der Waals surface area contributed by atoms with Crippen molar-refractivity contribution in [2.24, 2.45) is 0 Å². The Balaban J connectivity index is 1.86. The van der Waals surface area contributed by atoms with Gasteiger partial charge in [-0.1, -0.05) is 17.7 Å². The highest BCUT2D eigenvalue weighted by Crippen LogP contribution is 2.17. The fourth-order valence-corrected chi connectivity index (χ4v) is 1.91. The van der Waals surface area contributed by atoms with Gasteiger partial charge in [0, 0.05) is 11.1 Å². The fraction of sp³-hybridized carbons (Fsp3) is 0. The zero-order valence-corrected chi connectivity index (χ0v) is 10.5.